The fourth-order valence-electron chi connectivity index (χ4n) is 2.71. The van der Waals surface area contributed by atoms with Crippen LogP contribution in [0.4, 0.5) is 4.39 Å². The van der Waals surface area contributed by atoms with Crippen molar-refractivity contribution in [3.8, 4) is 5.75 Å². The third-order valence-corrected chi connectivity index (χ3v) is 3.87. The fourth-order valence-corrected chi connectivity index (χ4v) is 2.71. The van der Waals surface area contributed by atoms with Gasteiger partial charge in [0.25, 0.3) is 0 Å². The van der Waals surface area contributed by atoms with Crippen LogP contribution in [0, 0.1) is 5.82 Å². The van der Waals surface area contributed by atoms with Gasteiger partial charge in [0, 0.05) is 12.3 Å². The second-order valence-corrected chi connectivity index (χ2v) is 5.03. The molecule has 0 N–H and O–H groups in total. The highest BCUT2D eigenvalue weighted by atomic mass is 19.1. The molecule has 0 bridgehead atoms. The zero-order chi connectivity index (χ0) is 14.1. The zero-order valence-electron chi connectivity index (χ0n) is 11.2. The molecule has 0 aromatic heterocycles. The van der Waals surface area contributed by atoms with Gasteiger partial charge in [0.05, 0.1) is 7.11 Å². The number of hydrogen-bond acceptors (Lipinski definition) is 2. The Balaban J connectivity index is 1.78. The van der Waals surface area contributed by atoms with Crippen LogP contribution in [0.3, 0.4) is 0 Å². The standard InChI is InChI=1S/C17H15FO2/c1-20-16-8-4-6-12(17(16)18)10-15(19)14-9-11-5-2-3-7-13(11)14/h2-8,14H,9-10H2,1H3. The van der Waals surface area contributed by atoms with Gasteiger partial charge in [-0.25, -0.2) is 4.39 Å². The normalized spacial score (nSPS) is 16.2. The Bertz CT molecular complexity index is 664. The van der Waals surface area contributed by atoms with E-state index >= 15 is 0 Å². The van der Waals surface area contributed by atoms with Gasteiger partial charge in [-0.15, -0.1) is 0 Å². The maximum atomic E-state index is 14.0. The Hall–Kier alpha value is -2.16. The highest BCUT2D eigenvalue weighted by molar-refractivity contribution is 5.90. The molecule has 2 aromatic rings. The molecule has 0 amide bonds. The second kappa shape index (κ2) is 5.08. The summed E-state index contributed by atoms with van der Waals surface area (Å²) >= 11 is 0. The number of ketones is 1. The maximum absolute atomic E-state index is 14.0. The minimum atomic E-state index is -0.434. The molecule has 20 heavy (non-hydrogen) atoms. The van der Waals surface area contributed by atoms with Gasteiger partial charge in [-0.3, -0.25) is 4.79 Å². The molecule has 0 fully saturated rings. The van der Waals surface area contributed by atoms with Gasteiger partial charge in [-0.05, 0) is 29.2 Å². The Morgan fingerprint density at radius 3 is 2.80 bits per heavy atom. The molecule has 0 saturated carbocycles. The van der Waals surface area contributed by atoms with Crippen molar-refractivity contribution < 1.29 is 13.9 Å². The lowest BCUT2D eigenvalue weighted by Crippen LogP contribution is -2.26. The molecule has 0 saturated heterocycles. The number of halogens is 1. The number of rotatable bonds is 4. The van der Waals surface area contributed by atoms with Crippen molar-refractivity contribution in [3.05, 3.63) is 65.0 Å². The van der Waals surface area contributed by atoms with Crippen molar-refractivity contribution >= 4 is 5.78 Å². The number of carbonyl (C=O) groups is 1. The maximum Gasteiger partial charge on any atom is 0.168 e. The van der Waals surface area contributed by atoms with Crippen molar-refractivity contribution in [2.75, 3.05) is 7.11 Å². The number of ether oxygens (including phenoxy) is 1. The van der Waals surface area contributed by atoms with Crippen LogP contribution >= 0.6 is 0 Å². The Kier molecular flexibility index (Phi) is 3.26. The Morgan fingerprint density at radius 2 is 2.05 bits per heavy atom. The van der Waals surface area contributed by atoms with Crippen molar-refractivity contribution in [1.82, 2.24) is 0 Å². The van der Waals surface area contributed by atoms with E-state index in [-0.39, 0.29) is 23.9 Å². The lowest BCUT2D eigenvalue weighted by atomic mass is 9.74. The Labute approximate surface area is 117 Å². The van der Waals surface area contributed by atoms with E-state index in [1.165, 1.54) is 12.7 Å². The van der Waals surface area contributed by atoms with Gasteiger partial charge in [0.15, 0.2) is 11.6 Å². The first-order valence-corrected chi connectivity index (χ1v) is 6.62. The first-order chi connectivity index (χ1) is 9.70. The number of hydrogen-bond donors (Lipinski definition) is 0. The SMILES string of the molecule is COc1cccc(CC(=O)C2Cc3ccccc32)c1F. The van der Waals surface area contributed by atoms with Crippen LogP contribution in [0.5, 0.6) is 5.75 Å². The minimum absolute atomic E-state index is 0.0656. The highest BCUT2D eigenvalue weighted by Gasteiger charge is 2.31. The van der Waals surface area contributed by atoms with Crippen LogP contribution in [-0.4, -0.2) is 12.9 Å². The summed E-state index contributed by atoms with van der Waals surface area (Å²) < 4.78 is 19.0. The van der Waals surface area contributed by atoms with Crippen molar-refractivity contribution in [2.45, 2.75) is 18.8 Å². The van der Waals surface area contributed by atoms with Crippen LogP contribution in [0.25, 0.3) is 0 Å². The molecule has 0 radical (unpaired) electrons. The van der Waals surface area contributed by atoms with E-state index in [1.807, 2.05) is 24.3 Å². The van der Waals surface area contributed by atoms with E-state index in [4.69, 9.17) is 4.74 Å². The second-order valence-electron chi connectivity index (χ2n) is 5.03. The number of carbonyl (C=O) groups excluding carboxylic acids is 1. The molecule has 1 unspecified atom stereocenters. The monoisotopic (exact) mass is 270 g/mol. The van der Waals surface area contributed by atoms with E-state index in [1.54, 1.807) is 18.2 Å². The molecule has 1 aliphatic carbocycles. The third-order valence-electron chi connectivity index (χ3n) is 3.87. The number of Topliss-reactive ketones (excluding diaryl/α,β-unsaturated/α-hetero) is 1. The summed E-state index contributed by atoms with van der Waals surface area (Å²) in [6, 6.07) is 12.8. The first kappa shape index (κ1) is 12.9. The van der Waals surface area contributed by atoms with Crippen molar-refractivity contribution in [1.29, 1.82) is 0 Å². The Morgan fingerprint density at radius 1 is 1.25 bits per heavy atom. The summed E-state index contributed by atoms with van der Waals surface area (Å²) in [4.78, 5) is 12.3. The van der Waals surface area contributed by atoms with E-state index in [2.05, 4.69) is 0 Å². The molecule has 1 atom stereocenters. The predicted octanol–water partition coefficient (Wildman–Crippen LogP) is 3.29. The van der Waals surface area contributed by atoms with Crippen molar-refractivity contribution in [3.63, 3.8) is 0 Å². The lowest BCUT2D eigenvalue weighted by Gasteiger charge is -2.28. The average Bonchev–Trinajstić information content (AvgIpc) is 2.42. The molecule has 2 aromatic carbocycles. The zero-order valence-corrected chi connectivity index (χ0v) is 11.2. The summed E-state index contributed by atoms with van der Waals surface area (Å²) in [5, 5.41) is 0. The molecule has 0 aliphatic heterocycles. The molecule has 2 nitrogen and oxygen atoms in total. The van der Waals surface area contributed by atoms with Crippen LogP contribution in [0.1, 0.15) is 22.6 Å². The third kappa shape index (κ3) is 2.09. The molecule has 0 heterocycles. The van der Waals surface area contributed by atoms with Gasteiger partial charge in [-0.2, -0.15) is 0 Å². The molecule has 1 aliphatic rings. The predicted molar refractivity (Wildman–Crippen MR) is 74.6 cm³/mol. The highest BCUT2D eigenvalue weighted by Crippen LogP contribution is 2.36. The first-order valence-electron chi connectivity index (χ1n) is 6.62. The molecule has 0 spiro atoms. The minimum Gasteiger partial charge on any atom is -0.494 e. The largest absolute Gasteiger partial charge is 0.494 e. The van der Waals surface area contributed by atoms with Crippen molar-refractivity contribution in [2.24, 2.45) is 0 Å². The van der Waals surface area contributed by atoms with Crippen LogP contribution in [0.2, 0.25) is 0 Å². The summed E-state index contributed by atoms with van der Waals surface area (Å²) in [6.07, 6.45) is 0.878. The fraction of sp³-hybridized carbons (Fsp3) is 0.235. The van der Waals surface area contributed by atoms with Gasteiger partial charge >= 0.3 is 0 Å². The van der Waals surface area contributed by atoms with E-state index in [0.717, 1.165) is 12.0 Å². The lowest BCUT2D eigenvalue weighted by molar-refractivity contribution is -0.120. The molecular formula is C17H15FO2. The molecule has 102 valence electrons. The van der Waals surface area contributed by atoms with Crippen LogP contribution < -0.4 is 4.74 Å². The quantitative estimate of drug-likeness (QED) is 0.852. The smallest absolute Gasteiger partial charge is 0.168 e. The summed E-state index contributed by atoms with van der Waals surface area (Å²) in [6.45, 7) is 0. The molecule has 3 heteroatoms. The topological polar surface area (TPSA) is 26.3 Å². The van der Waals surface area contributed by atoms with Gasteiger partial charge in [-0.1, -0.05) is 36.4 Å². The number of methoxy groups -OCH3 is 1. The van der Waals surface area contributed by atoms with E-state index in [0.29, 0.717) is 5.56 Å². The number of fused-ring (bicyclic) bond motifs is 1. The van der Waals surface area contributed by atoms with E-state index in [9.17, 15) is 9.18 Å². The molecular weight excluding hydrogens is 255 g/mol. The summed E-state index contributed by atoms with van der Waals surface area (Å²) in [5.74, 6) is -0.270. The number of benzene rings is 2. The summed E-state index contributed by atoms with van der Waals surface area (Å²) in [5.41, 5.74) is 2.71. The van der Waals surface area contributed by atoms with Gasteiger partial charge in [0.2, 0.25) is 0 Å². The van der Waals surface area contributed by atoms with E-state index < -0.39 is 5.82 Å². The van der Waals surface area contributed by atoms with Crippen LogP contribution in [0.15, 0.2) is 42.5 Å². The van der Waals surface area contributed by atoms with Gasteiger partial charge in [0.1, 0.15) is 5.78 Å². The molecule has 3 rings (SSSR count). The summed E-state index contributed by atoms with van der Waals surface area (Å²) in [7, 11) is 1.42. The van der Waals surface area contributed by atoms with Crippen LogP contribution in [-0.2, 0) is 17.6 Å². The average molecular weight is 270 g/mol. The van der Waals surface area contributed by atoms with Gasteiger partial charge < -0.3 is 4.74 Å².